The van der Waals surface area contributed by atoms with Gasteiger partial charge in [0.2, 0.25) is 0 Å². The molecule has 32 heavy (non-hydrogen) atoms. The number of carbonyl (C=O) groups is 1. The fourth-order valence-electron chi connectivity index (χ4n) is 3.85. The van der Waals surface area contributed by atoms with Crippen molar-refractivity contribution in [3.8, 4) is 0 Å². The van der Waals surface area contributed by atoms with Gasteiger partial charge in [0.05, 0.1) is 5.88 Å². The molecule has 6 heteroatoms. The molecule has 0 amide bonds. The minimum absolute atomic E-state index is 0.0411. The molecular formula is C26H37FN2OS2. The van der Waals surface area contributed by atoms with Gasteiger partial charge >= 0.3 is 0 Å². The second kappa shape index (κ2) is 14.6. The highest BCUT2D eigenvalue weighted by Gasteiger charge is 2.18. The first-order valence-corrected chi connectivity index (χ1v) is 13.1. The zero-order chi connectivity index (χ0) is 23.3. The normalized spacial score (nSPS) is 19.0. The molecule has 1 N–H and O–H groups in total. The van der Waals surface area contributed by atoms with Gasteiger partial charge in [-0.25, -0.2) is 4.39 Å². The molecule has 1 aliphatic carbocycles. The van der Waals surface area contributed by atoms with E-state index in [1.165, 1.54) is 16.2 Å². The van der Waals surface area contributed by atoms with Crippen molar-refractivity contribution in [2.45, 2.75) is 40.3 Å². The van der Waals surface area contributed by atoms with Gasteiger partial charge in [-0.05, 0) is 48.5 Å². The van der Waals surface area contributed by atoms with E-state index in [4.69, 9.17) is 0 Å². The molecule has 2 unspecified atom stereocenters. The SMILES string of the molecule is CCCN(CCC)C/C(NCS)=C(\CSC1=CC(C)C(C=O)C=C1)c1ccc(CF)cc1. The zero-order valence-electron chi connectivity index (χ0n) is 19.5. The van der Waals surface area contributed by atoms with Crippen LogP contribution in [0.1, 0.15) is 44.7 Å². The Labute approximate surface area is 203 Å². The van der Waals surface area contributed by atoms with Crippen molar-refractivity contribution in [2.24, 2.45) is 11.8 Å². The molecule has 0 saturated heterocycles. The minimum atomic E-state index is -0.454. The summed E-state index contributed by atoms with van der Waals surface area (Å²) in [6, 6.07) is 7.77. The molecule has 0 bridgehead atoms. The number of thiol groups is 1. The van der Waals surface area contributed by atoms with Gasteiger partial charge < -0.3 is 10.1 Å². The second-order valence-electron chi connectivity index (χ2n) is 8.19. The van der Waals surface area contributed by atoms with Crippen LogP contribution in [0, 0.1) is 11.8 Å². The molecule has 2 atom stereocenters. The van der Waals surface area contributed by atoms with Crippen LogP contribution >= 0.6 is 24.4 Å². The number of alkyl halides is 1. The smallest absolute Gasteiger partial charge is 0.127 e. The largest absolute Gasteiger partial charge is 0.378 e. The number of thioether (sulfide) groups is 1. The minimum Gasteiger partial charge on any atom is -0.378 e. The zero-order valence-corrected chi connectivity index (χ0v) is 21.2. The van der Waals surface area contributed by atoms with E-state index in [1.807, 2.05) is 30.3 Å². The van der Waals surface area contributed by atoms with Crippen LogP contribution < -0.4 is 5.32 Å². The summed E-state index contributed by atoms with van der Waals surface area (Å²) < 4.78 is 13.1. The van der Waals surface area contributed by atoms with Crippen LogP contribution in [-0.4, -0.2) is 42.4 Å². The Hall–Kier alpha value is -1.50. The highest BCUT2D eigenvalue weighted by Crippen LogP contribution is 2.32. The standard InChI is InChI=1S/C26H37FN2OS2/c1-4-12-29(13-5-2)16-26(28-19-31)25(22-8-6-21(15-27)7-9-22)18-32-24-11-10-23(17-30)20(3)14-24/h6-11,14,17,20,23,28,31H,4-5,12-13,15-16,18-19H2,1-3H3/b26-25-. The first kappa shape index (κ1) is 26.7. The Balaban J connectivity index is 2.35. The predicted octanol–water partition coefficient (Wildman–Crippen LogP) is 6.10. The van der Waals surface area contributed by atoms with Crippen LogP contribution in [0.2, 0.25) is 0 Å². The van der Waals surface area contributed by atoms with Crippen molar-refractivity contribution in [3.05, 3.63) is 64.2 Å². The lowest BCUT2D eigenvalue weighted by molar-refractivity contribution is -0.110. The van der Waals surface area contributed by atoms with Gasteiger partial charge in [0.25, 0.3) is 0 Å². The third-order valence-corrected chi connectivity index (χ3v) is 6.83. The third-order valence-electron chi connectivity index (χ3n) is 5.63. The van der Waals surface area contributed by atoms with Crippen molar-refractivity contribution < 1.29 is 9.18 Å². The molecule has 1 aromatic carbocycles. The molecule has 0 heterocycles. The number of benzene rings is 1. The van der Waals surface area contributed by atoms with Crippen molar-refractivity contribution in [3.63, 3.8) is 0 Å². The van der Waals surface area contributed by atoms with E-state index in [0.29, 0.717) is 11.4 Å². The number of carbonyl (C=O) groups excluding carboxylic acids is 1. The quantitative estimate of drug-likeness (QED) is 0.193. The van der Waals surface area contributed by atoms with E-state index in [9.17, 15) is 9.18 Å². The lowest BCUT2D eigenvalue weighted by Crippen LogP contribution is -2.32. The molecule has 1 aromatic rings. The summed E-state index contributed by atoms with van der Waals surface area (Å²) in [5.74, 6) is 1.50. The molecule has 3 nitrogen and oxygen atoms in total. The Bertz CT molecular complexity index is 799. The first-order chi connectivity index (χ1) is 15.6. The summed E-state index contributed by atoms with van der Waals surface area (Å²) in [6.07, 6.45) is 9.46. The number of nitrogens with zero attached hydrogens (tertiary/aromatic N) is 1. The lowest BCUT2D eigenvalue weighted by atomic mass is 9.91. The highest BCUT2D eigenvalue weighted by atomic mass is 32.2. The molecule has 176 valence electrons. The van der Waals surface area contributed by atoms with E-state index < -0.39 is 6.67 Å². The van der Waals surface area contributed by atoms with E-state index in [0.717, 1.165) is 50.1 Å². The van der Waals surface area contributed by atoms with Crippen LogP contribution in [0.5, 0.6) is 0 Å². The number of hydrogen-bond donors (Lipinski definition) is 2. The van der Waals surface area contributed by atoms with Gasteiger partial charge in [0, 0.05) is 28.8 Å². The first-order valence-electron chi connectivity index (χ1n) is 11.5. The number of nitrogens with one attached hydrogen (secondary N) is 1. The Morgan fingerprint density at radius 1 is 1.22 bits per heavy atom. The van der Waals surface area contributed by atoms with Crippen LogP contribution in [0.3, 0.4) is 0 Å². The molecule has 0 fully saturated rings. The maximum Gasteiger partial charge on any atom is 0.127 e. The summed E-state index contributed by atoms with van der Waals surface area (Å²) in [5.41, 5.74) is 4.17. The molecule has 0 aliphatic heterocycles. The maximum atomic E-state index is 13.1. The lowest BCUT2D eigenvalue weighted by Gasteiger charge is -2.26. The fourth-order valence-corrected chi connectivity index (χ4v) is 5.18. The van der Waals surface area contributed by atoms with Crippen molar-refractivity contribution in [2.75, 3.05) is 31.3 Å². The number of aldehydes is 1. The van der Waals surface area contributed by atoms with Crippen LogP contribution in [0.25, 0.3) is 5.57 Å². The van der Waals surface area contributed by atoms with Crippen molar-refractivity contribution >= 4 is 36.2 Å². The molecule has 0 spiro atoms. The highest BCUT2D eigenvalue weighted by molar-refractivity contribution is 8.03. The van der Waals surface area contributed by atoms with Gasteiger partial charge in [0.15, 0.2) is 0 Å². The maximum absolute atomic E-state index is 13.1. The summed E-state index contributed by atoms with van der Waals surface area (Å²) in [5, 5.41) is 3.50. The Kier molecular flexibility index (Phi) is 12.2. The van der Waals surface area contributed by atoms with Gasteiger partial charge in [-0.3, -0.25) is 4.90 Å². The molecule has 2 rings (SSSR count). The number of halogens is 1. The Morgan fingerprint density at radius 3 is 2.44 bits per heavy atom. The topological polar surface area (TPSA) is 32.3 Å². The van der Waals surface area contributed by atoms with Gasteiger partial charge in [0.1, 0.15) is 13.0 Å². The number of hydrogen-bond acceptors (Lipinski definition) is 5. The van der Waals surface area contributed by atoms with Gasteiger partial charge in [-0.2, -0.15) is 12.6 Å². The monoisotopic (exact) mass is 476 g/mol. The average molecular weight is 477 g/mol. The van der Waals surface area contributed by atoms with E-state index >= 15 is 0 Å². The molecule has 0 radical (unpaired) electrons. The summed E-state index contributed by atoms with van der Waals surface area (Å²) >= 11 is 6.23. The summed E-state index contributed by atoms with van der Waals surface area (Å²) in [7, 11) is 0. The summed E-state index contributed by atoms with van der Waals surface area (Å²) in [6.45, 7) is 8.97. The average Bonchev–Trinajstić information content (AvgIpc) is 2.80. The fraction of sp³-hybridized carbons (Fsp3) is 0.500. The van der Waals surface area contributed by atoms with Gasteiger partial charge in [-0.1, -0.05) is 63.3 Å². The van der Waals surface area contributed by atoms with E-state index in [-0.39, 0.29) is 11.8 Å². The Morgan fingerprint density at radius 2 is 1.91 bits per heavy atom. The van der Waals surface area contributed by atoms with E-state index in [1.54, 1.807) is 11.8 Å². The van der Waals surface area contributed by atoms with Crippen LogP contribution in [0.15, 0.2) is 53.1 Å². The van der Waals surface area contributed by atoms with Crippen LogP contribution in [-0.2, 0) is 11.5 Å². The second-order valence-corrected chi connectivity index (χ2v) is 9.55. The molecule has 1 aliphatic rings. The predicted molar refractivity (Wildman–Crippen MR) is 141 cm³/mol. The number of rotatable bonds is 14. The van der Waals surface area contributed by atoms with E-state index in [2.05, 4.69) is 55.8 Å². The van der Waals surface area contributed by atoms with Crippen molar-refractivity contribution in [1.29, 1.82) is 0 Å². The molecule has 0 saturated carbocycles. The van der Waals surface area contributed by atoms with Crippen molar-refractivity contribution in [1.82, 2.24) is 10.2 Å². The third kappa shape index (κ3) is 8.13. The summed E-state index contributed by atoms with van der Waals surface area (Å²) in [4.78, 5) is 14.9. The van der Waals surface area contributed by atoms with Crippen LogP contribution in [0.4, 0.5) is 4.39 Å². The molecule has 0 aromatic heterocycles. The number of allylic oxidation sites excluding steroid dienone is 3. The van der Waals surface area contributed by atoms with Gasteiger partial charge in [-0.15, -0.1) is 11.8 Å². The molecular weight excluding hydrogens is 439 g/mol.